The zero-order valence-electron chi connectivity index (χ0n) is 13.7. The van der Waals surface area contributed by atoms with E-state index in [2.05, 4.69) is 16.2 Å². The van der Waals surface area contributed by atoms with Crippen LogP contribution < -0.4 is 16.2 Å². The van der Waals surface area contributed by atoms with Gasteiger partial charge >= 0.3 is 0 Å². The molecule has 0 radical (unpaired) electrons. The summed E-state index contributed by atoms with van der Waals surface area (Å²) >= 11 is 0. The minimum atomic E-state index is -0.917. The molecule has 0 saturated heterocycles. The van der Waals surface area contributed by atoms with Gasteiger partial charge < -0.3 is 5.32 Å². The maximum atomic E-state index is 13.3. The monoisotopic (exact) mass is 372 g/mol. The number of halogens is 1. The summed E-state index contributed by atoms with van der Waals surface area (Å²) in [6, 6.07) is 8.63. The van der Waals surface area contributed by atoms with Gasteiger partial charge in [-0.3, -0.25) is 35.3 Å². The first-order valence-corrected chi connectivity index (χ1v) is 7.79. The number of carbonyl (C=O) groups excluding carboxylic acids is 3. The van der Waals surface area contributed by atoms with Crippen molar-refractivity contribution < 1.29 is 23.7 Å². The van der Waals surface area contributed by atoms with Gasteiger partial charge in [-0.25, -0.2) is 4.39 Å². The molecule has 0 bridgehead atoms. The van der Waals surface area contributed by atoms with Crippen LogP contribution >= 0.6 is 0 Å². The highest BCUT2D eigenvalue weighted by Gasteiger charge is 2.31. The molecule has 0 spiro atoms. The van der Waals surface area contributed by atoms with Gasteiger partial charge in [0.25, 0.3) is 11.6 Å². The predicted octanol–water partition coefficient (Wildman–Crippen LogP) is 1.62. The standard InChI is InChI=1S/C17H13FN4O5/c18-10-4-5-12-13(8-15(23)19-14(12)7-10)17(25)21-20-16(24)9-2-1-3-11(6-9)22(26)27/h1-7,13H,8H2,(H,19,23)(H,20,24)(H,21,25). The molecule has 3 N–H and O–H groups in total. The zero-order valence-corrected chi connectivity index (χ0v) is 13.7. The largest absolute Gasteiger partial charge is 0.326 e. The van der Waals surface area contributed by atoms with E-state index in [1.54, 1.807) is 0 Å². The van der Waals surface area contributed by atoms with Gasteiger partial charge in [0.2, 0.25) is 11.8 Å². The molecule has 3 rings (SSSR count). The molecule has 1 aliphatic rings. The number of fused-ring (bicyclic) bond motifs is 1. The summed E-state index contributed by atoms with van der Waals surface area (Å²) in [6.07, 6.45) is -0.169. The molecule has 0 aromatic heterocycles. The lowest BCUT2D eigenvalue weighted by molar-refractivity contribution is -0.384. The van der Waals surface area contributed by atoms with Crippen molar-refractivity contribution in [1.82, 2.24) is 10.9 Å². The number of nitro groups is 1. The third-order valence-electron chi connectivity index (χ3n) is 3.99. The number of benzene rings is 2. The van der Waals surface area contributed by atoms with Crippen LogP contribution in [-0.2, 0) is 9.59 Å². The van der Waals surface area contributed by atoms with Crippen LogP contribution in [0.1, 0.15) is 28.3 Å². The second-order valence-corrected chi connectivity index (χ2v) is 5.79. The molecule has 9 nitrogen and oxygen atoms in total. The SMILES string of the molecule is O=C1CC(C(=O)NNC(=O)c2cccc([N+](=O)[O-])c2)c2ccc(F)cc2N1. The van der Waals surface area contributed by atoms with E-state index in [0.29, 0.717) is 5.56 Å². The number of rotatable bonds is 3. The van der Waals surface area contributed by atoms with Crippen LogP contribution in [0.5, 0.6) is 0 Å². The Morgan fingerprint density at radius 3 is 2.70 bits per heavy atom. The zero-order chi connectivity index (χ0) is 19.6. The fraction of sp³-hybridized carbons (Fsp3) is 0.118. The van der Waals surface area contributed by atoms with Gasteiger partial charge in [-0.15, -0.1) is 0 Å². The van der Waals surface area contributed by atoms with Crippen LogP contribution in [0, 0.1) is 15.9 Å². The van der Waals surface area contributed by atoms with E-state index in [0.717, 1.165) is 18.2 Å². The predicted molar refractivity (Wildman–Crippen MR) is 91.1 cm³/mol. The van der Waals surface area contributed by atoms with E-state index in [4.69, 9.17) is 0 Å². The summed E-state index contributed by atoms with van der Waals surface area (Å²) in [5, 5.41) is 13.2. The molecule has 0 saturated carbocycles. The smallest absolute Gasteiger partial charge is 0.270 e. The normalized spacial score (nSPS) is 15.3. The van der Waals surface area contributed by atoms with Gasteiger partial charge in [-0.05, 0) is 23.8 Å². The highest BCUT2D eigenvalue weighted by Crippen LogP contribution is 2.32. The fourth-order valence-electron chi connectivity index (χ4n) is 2.71. The first-order valence-electron chi connectivity index (χ1n) is 7.79. The van der Waals surface area contributed by atoms with Gasteiger partial charge in [-0.1, -0.05) is 12.1 Å². The van der Waals surface area contributed by atoms with Gasteiger partial charge in [0.1, 0.15) is 5.82 Å². The average Bonchev–Trinajstić information content (AvgIpc) is 2.64. The number of anilines is 1. The van der Waals surface area contributed by atoms with Crippen molar-refractivity contribution in [2.24, 2.45) is 0 Å². The fourth-order valence-corrected chi connectivity index (χ4v) is 2.71. The molecule has 27 heavy (non-hydrogen) atoms. The molecule has 1 unspecified atom stereocenters. The van der Waals surface area contributed by atoms with E-state index >= 15 is 0 Å². The molecule has 138 valence electrons. The number of nitrogens with zero attached hydrogens (tertiary/aromatic N) is 1. The van der Waals surface area contributed by atoms with Crippen molar-refractivity contribution in [3.8, 4) is 0 Å². The third-order valence-corrected chi connectivity index (χ3v) is 3.99. The number of amides is 3. The van der Waals surface area contributed by atoms with Gasteiger partial charge in [-0.2, -0.15) is 0 Å². The Hall–Kier alpha value is -3.82. The van der Waals surface area contributed by atoms with E-state index in [1.165, 1.54) is 24.3 Å². The molecule has 0 aliphatic carbocycles. The Bertz CT molecular complexity index is 962. The van der Waals surface area contributed by atoms with Crippen LogP contribution in [0.25, 0.3) is 0 Å². The Balaban J connectivity index is 1.71. The lowest BCUT2D eigenvalue weighted by Gasteiger charge is -2.24. The maximum Gasteiger partial charge on any atom is 0.270 e. The van der Waals surface area contributed by atoms with Gasteiger partial charge in [0.05, 0.1) is 10.8 Å². The molecule has 1 aliphatic heterocycles. The van der Waals surface area contributed by atoms with E-state index in [1.807, 2.05) is 0 Å². The number of non-ortho nitro benzene ring substituents is 1. The number of carbonyl (C=O) groups is 3. The second-order valence-electron chi connectivity index (χ2n) is 5.79. The highest BCUT2D eigenvalue weighted by molar-refractivity contribution is 6.02. The molecule has 3 amide bonds. The summed E-state index contributed by atoms with van der Waals surface area (Å²) < 4.78 is 13.3. The Kier molecular flexibility index (Phi) is 4.79. The molecule has 0 fully saturated rings. The minimum absolute atomic E-state index is 0.0200. The van der Waals surface area contributed by atoms with Gasteiger partial charge in [0, 0.05) is 29.8 Å². The van der Waals surface area contributed by atoms with E-state index in [-0.39, 0.29) is 23.4 Å². The first-order chi connectivity index (χ1) is 12.8. The summed E-state index contributed by atoms with van der Waals surface area (Å²) in [5.41, 5.74) is 4.66. The number of hydrazine groups is 1. The molecular weight excluding hydrogens is 359 g/mol. The maximum absolute atomic E-state index is 13.3. The van der Waals surface area contributed by atoms with Crippen molar-refractivity contribution >= 4 is 29.1 Å². The Morgan fingerprint density at radius 1 is 1.19 bits per heavy atom. The number of nitrogens with one attached hydrogen (secondary N) is 3. The molecule has 10 heteroatoms. The van der Waals surface area contributed by atoms with Crippen LogP contribution in [0.2, 0.25) is 0 Å². The quantitative estimate of drug-likeness (QED) is 0.557. The third kappa shape index (κ3) is 3.89. The Morgan fingerprint density at radius 2 is 1.96 bits per heavy atom. The number of hydrogen-bond donors (Lipinski definition) is 3. The van der Waals surface area contributed by atoms with Crippen molar-refractivity contribution in [3.63, 3.8) is 0 Å². The lowest BCUT2D eigenvalue weighted by Crippen LogP contribution is -2.45. The summed E-state index contributed by atoms with van der Waals surface area (Å²) in [6.45, 7) is 0. The van der Waals surface area contributed by atoms with Crippen molar-refractivity contribution in [3.05, 3.63) is 69.5 Å². The topological polar surface area (TPSA) is 130 Å². The van der Waals surface area contributed by atoms with Crippen LogP contribution in [0.4, 0.5) is 15.8 Å². The van der Waals surface area contributed by atoms with Crippen LogP contribution in [-0.4, -0.2) is 22.6 Å². The minimum Gasteiger partial charge on any atom is -0.326 e. The molecule has 1 atom stereocenters. The summed E-state index contributed by atoms with van der Waals surface area (Å²) in [5.74, 6) is -3.37. The van der Waals surface area contributed by atoms with E-state index in [9.17, 15) is 28.9 Å². The van der Waals surface area contributed by atoms with Crippen LogP contribution in [0.3, 0.4) is 0 Å². The summed E-state index contributed by atoms with van der Waals surface area (Å²) in [7, 11) is 0. The van der Waals surface area contributed by atoms with E-state index < -0.39 is 34.4 Å². The summed E-state index contributed by atoms with van der Waals surface area (Å²) in [4.78, 5) is 46.3. The Labute approximate surface area is 151 Å². The van der Waals surface area contributed by atoms with Gasteiger partial charge in [0.15, 0.2) is 0 Å². The molecule has 1 heterocycles. The van der Waals surface area contributed by atoms with Crippen LogP contribution in [0.15, 0.2) is 42.5 Å². The van der Waals surface area contributed by atoms with Crippen molar-refractivity contribution in [2.75, 3.05) is 5.32 Å². The van der Waals surface area contributed by atoms with Crippen molar-refractivity contribution in [1.29, 1.82) is 0 Å². The highest BCUT2D eigenvalue weighted by atomic mass is 19.1. The number of hydrogen-bond acceptors (Lipinski definition) is 5. The number of nitro benzene ring substituents is 1. The van der Waals surface area contributed by atoms with Crippen molar-refractivity contribution in [2.45, 2.75) is 12.3 Å². The first kappa shape index (κ1) is 18.0. The lowest BCUT2D eigenvalue weighted by atomic mass is 9.90. The molecule has 2 aromatic carbocycles. The second kappa shape index (κ2) is 7.20. The molecule has 2 aromatic rings. The average molecular weight is 372 g/mol. The molecular formula is C17H13FN4O5.